The van der Waals surface area contributed by atoms with E-state index in [2.05, 4.69) is 10.5 Å². The number of rotatable bonds is 5. The standard InChI is InChI=1S/C21H18Cl3F3N2O3S/c1-10-12(8-28-19(30)11-2-3-31-9-11)4-17(33-10)16-7-20(32-29-16,21(25,26)27)13-5-14(22)18(24)15(23)6-13/h4-6,11H,2-3,7-9H2,1H3,(H,28,30). The average Bonchev–Trinajstić information content (AvgIpc) is 3.49. The summed E-state index contributed by atoms with van der Waals surface area (Å²) in [5, 5.41) is 6.38. The SMILES string of the molecule is Cc1sc(C2=NOC(c3cc(Cl)c(Cl)c(Cl)c3)(C(F)(F)F)C2)cc1CNC(=O)C1CCOC1. The topological polar surface area (TPSA) is 59.9 Å². The van der Waals surface area contributed by atoms with Gasteiger partial charge in [-0.1, -0.05) is 40.0 Å². The zero-order valence-corrected chi connectivity index (χ0v) is 20.3. The lowest BCUT2D eigenvalue weighted by molar-refractivity contribution is -0.275. The summed E-state index contributed by atoms with van der Waals surface area (Å²) < 4.78 is 47.9. The molecule has 5 nitrogen and oxygen atoms in total. The predicted molar refractivity (Wildman–Crippen MR) is 121 cm³/mol. The predicted octanol–water partition coefficient (Wildman–Crippen LogP) is 6.25. The molecule has 1 N–H and O–H groups in total. The molecular formula is C21H18Cl3F3N2O3S. The second kappa shape index (κ2) is 9.26. The van der Waals surface area contributed by atoms with Gasteiger partial charge in [0.05, 0.1) is 38.9 Å². The van der Waals surface area contributed by atoms with Crippen LogP contribution in [0.1, 0.15) is 33.7 Å². The molecule has 2 unspecified atom stereocenters. The number of carbonyl (C=O) groups excluding carboxylic acids is 1. The third-order valence-corrected chi connectivity index (χ3v) is 8.03. The molecule has 33 heavy (non-hydrogen) atoms. The molecule has 0 spiro atoms. The van der Waals surface area contributed by atoms with E-state index in [0.717, 1.165) is 22.6 Å². The molecule has 4 rings (SSSR count). The van der Waals surface area contributed by atoms with Crippen LogP contribution in [-0.2, 0) is 26.5 Å². The summed E-state index contributed by atoms with van der Waals surface area (Å²) in [7, 11) is 0. The minimum absolute atomic E-state index is 0.0386. The molecular weight excluding hydrogens is 524 g/mol. The van der Waals surface area contributed by atoms with Crippen molar-refractivity contribution in [2.45, 2.75) is 38.1 Å². The Balaban J connectivity index is 1.55. The first-order valence-corrected chi connectivity index (χ1v) is 11.9. The van der Waals surface area contributed by atoms with Crippen LogP contribution in [0.4, 0.5) is 13.2 Å². The first kappa shape index (κ1) is 24.6. The lowest BCUT2D eigenvalue weighted by Crippen LogP contribution is -2.42. The maximum atomic E-state index is 14.2. The van der Waals surface area contributed by atoms with Crippen molar-refractivity contribution in [3.63, 3.8) is 0 Å². The monoisotopic (exact) mass is 540 g/mol. The Hall–Kier alpha value is -1.52. The Morgan fingerprint density at radius 2 is 1.97 bits per heavy atom. The van der Waals surface area contributed by atoms with Crippen LogP contribution in [0.25, 0.3) is 0 Å². The molecule has 1 amide bonds. The summed E-state index contributed by atoms with van der Waals surface area (Å²) in [6, 6.07) is 3.91. The summed E-state index contributed by atoms with van der Waals surface area (Å²) in [6.45, 7) is 3.05. The van der Waals surface area contributed by atoms with Crippen LogP contribution in [0.5, 0.6) is 0 Å². The zero-order valence-electron chi connectivity index (χ0n) is 17.2. The van der Waals surface area contributed by atoms with Gasteiger partial charge in [0.1, 0.15) is 5.71 Å². The van der Waals surface area contributed by atoms with E-state index in [9.17, 15) is 18.0 Å². The number of amides is 1. The number of carbonyl (C=O) groups is 1. The van der Waals surface area contributed by atoms with Gasteiger partial charge in [-0.2, -0.15) is 13.2 Å². The second-order valence-corrected chi connectivity index (χ2v) is 10.3. The van der Waals surface area contributed by atoms with Gasteiger partial charge >= 0.3 is 6.18 Å². The van der Waals surface area contributed by atoms with Gasteiger partial charge in [-0.3, -0.25) is 4.79 Å². The number of thiophene rings is 1. The summed E-state index contributed by atoms with van der Waals surface area (Å²) in [5.74, 6) is -0.282. The van der Waals surface area contributed by atoms with Gasteiger partial charge in [-0.25, -0.2) is 0 Å². The lowest BCUT2D eigenvalue weighted by Gasteiger charge is -2.29. The molecule has 2 aromatic rings. The van der Waals surface area contributed by atoms with Crippen LogP contribution in [-0.4, -0.2) is 31.0 Å². The number of ether oxygens (including phenoxy) is 1. The van der Waals surface area contributed by atoms with Crippen molar-refractivity contribution in [3.8, 4) is 0 Å². The first-order chi connectivity index (χ1) is 15.5. The van der Waals surface area contributed by atoms with Gasteiger partial charge in [0.25, 0.3) is 5.60 Å². The van der Waals surface area contributed by atoms with Crippen LogP contribution in [0.15, 0.2) is 23.4 Å². The third-order valence-electron chi connectivity index (χ3n) is 5.69. The molecule has 1 aromatic carbocycles. The minimum Gasteiger partial charge on any atom is -0.381 e. The molecule has 1 saturated heterocycles. The van der Waals surface area contributed by atoms with Crippen molar-refractivity contribution in [2.75, 3.05) is 13.2 Å². The van der Waals surface area contributed by atoms with Crippen molar-refractivity contribution < 1.29 is 27.5 Å². The van der Waals surface area contributed by atoms with Crippen LogP contribution >= 0.6 is 46.1 Å². The first-order valence-electron chi connectivity index (χ1n) is 9.94. The number of nitrogens with zero attached hydrogens (tertiary/aromatic N) is 1. The molecule has 1 fully saturated rings. The zero-order chi connectivity index (χ0) is 24.0. The van der Waals surface area contributed by atoms with Crippen LogP contribution in [0, 0.1) is 12.8 Å². The van der Waals surface area contributed by atoms with Crippen LogP contribution < -0.4 is 5.32 Å². The van der Waals surface area contributed by atoms with E-state index < -0.39 is 18.2 Å². The second-order valence-electron chi connectivity index (χ2n) is 7.86. The number of alkyl halides is 3. The molecule has 12 heteroatoms. The highest BCUT2D eigenvalue weighted by Gasteiger charge is 2.62. The Morgan fingerprint density at radius 1 is 1.27 bits per heavy atom. The molecule has 0 saturated carbocycles. The number of benzene rings is 1. The Kier molecular flexibility index (Phi) is 6.90. The normalized spacial score (nSPS) is 22.9. The number of hydrogen-bond acceptors (Lipinski definition) is 5. The summed E-state index contributed by atoms with van der Waals surface area (Å²) in [5.41, 5.74) is -2.08. The Morgan fingerprint density at radius 3 is 2.58 bits per heavy atom. The Labute approximate surface area is 206 Å². The molecule has 2 aliphatic rings. The Bertz CT molecular complexity index is 1090. The number of nitrogens with one attached hydrogen (secondary N) is 1. The molecule has 1 aromatic heterocycles. The van der Waals surface area contributed by atoms with Gasteiger partial charge in [0.2, 0.25) is 5.91 Å². The number of oxime groups is 1. The molecule has 0 radical (unpaired) electrons. The van der Waals surface area contributed by atoms with E-state index in [-0.39, 0.29) is 44.7 Å². The van der Waals surface area contributed by atoms with Crippen molar-refractivity contribution in [1.82, 2.24) is 5.32 Å². The highest BCUT2D eigenvalue weighted by atomic mass is 35.5. The highest BCUT2D eigenvalue weighted by molar-refractivity contribution is 7.14. The van der Waals surface area contributed by atoms with E-state index in [1.807, 2.05) is 6.92 Å². The van der Waals surface area contributed by atoms with E-state index in [1.165, 1.54) is 11.3 Å². The maximum Gasteiger partial charge on any atom is 0.435 e. The van der Waals surface area contributed by atoms with Gasteiger partial charge < -0.3 is 14.9 Å². The average molecular weight is 542 g/mol. The molecule has 0 aliphatic carbocycles. The van der Waals surface area contributed by atoms with E-state index in [1.54, 1.807) is 6.07 Å². The fourth-order valence-corrected chi connectivity index (χ4v) is 5.35. The number of halogens is 6. The van der Waals surface area contributed by atoms with Gasteiger partial charge in [-0.05, 0) is 37.1 Å². The summed E-state index contributed by atoms with van der Waals surface area (Å²) in [6.07, 6.45) is -4.69. The quantitative estimate of drug-likeness (QED) is 0.455. The molecule has 3 heterocycles. The van der Waals surface area contributed by atoms with Crippen molar-refractivity contribution >= 4 is 57.8 Å². The number of aryl methyl sites for hydroxylation is 1. The maximum absolute atomic E-state index is 14.2. The van der Waals surface area contributed by atoms with E-state index >= 15 is 0 Å². The molecule has 2 aliphatic heterocycles. The molecule has 0 bridgehead atoms. The lowest BCUT2D eigenvalue weighted by atomic mass is 9.88. The molecule has 2 atom stereocenters. The van der Waals surface area contributed by atoms with Gasteiger partial charge in [0.15, 0.2) is 0 Å². The third kappa shape index (κ3) is 4.71. The smallest absolute Gasteiger partial charge is 0.381 e. The molecule has 178 valence electrons. The van der Waals surface area contributed by atoms with E-state index in [0.29, 0.717) is 24.5 Å². The van der Waals surface area contributed by atoms with Crippen molar-refractivity contribution in [1.29, 1.82) is 0 Å². The number of hydrogen-bond donors (Lipinski definition) is 1. The van der Waals surface area contributed by atoms with Crippen molar-refractivity contribution in [3.05, 3.63) is 54.1 Å². The minimum atomic E-state index is -4.80. The van der Waals surface area contributed by atoms with Crippen LogP contribution in [0.3, 0.4) is 0 Å². The fraction of sp³-hybridized carbons (Fsp3) is 0.429. The van der Waals surface area contributed by atoms with Gasteiger partial charge in [-0.15, -0.1) is 11.3 Å². The van der Waals surface area contributed by atoms with E-state index in [4.69, 9.17) is 44.4 Å². The fourth-order valence-electron chi connectivity index (χ4n) is 3.73. The summed E-state index contributed by atoms with van der Waals surface area (Å²) >= 11 is 19.1. The van der Waals surface area contributed by atoms with Gasteiger partial charge in [0, 0.05) is 23.6 Å². The largest absolute Gasteiger partial charge is 0.435 e. The highest BCUT2D eigenvalue weighted by Crippen LogP contribution is 2.51. The van der Waals surface area contributed by atoms with Crippen molar-refractivity contribution in [2.24, 2.45) is 11.1 Å². The van der Waals surface area contributed by atoms with Crippen LogP contribution in [0.2, 0.25) is 15.1 Å². The summed E-state index contributed by atoms with van der Waals surface area (Å²) in [4.78, 5) is 18.7.